The van der Waals surface area contributed by atoms with Gasteiger partial charge in [-0.05, 0) is 48.5 Å². The van der Waals surface area contributed by atoms with Crippen LogP contribution < -0.4 is 15.4 Å². The molecule has 1 aromatic heterocycles. The van der Waals surface area contributed by atoms with E-state index in [9.17, 15) is 9.59 Å². The summed E-state index contributed by atoms with van der Waals surface area (Å²) in [6.07, 6.45) is 3.02. The first kappa shape index (κ1) is 19.7. The van der Waals surface area contributed by atoms with Crippen LogP contribution in [0.15, 0.2) is 60.9 Å². The average Bonchev–Trinajstić information content (AvgIpc) is 2.71. The van der Waals surface area contributed by atoms with E-state index in [-0.39, 0.29) is 5.91 Å². The Morgan fingerprint density at radius 1 is 0.929 bits per heavy atom. The normalized spacial score (nSPS) is 10.2. The maximum Gasteiger partial charge on any atom is 0.257 e. The van der Waals surface area contributed by atoms with E-state index in [1.807, 2.05) is 0 Å². The number of carbonyl (C=O) groups is 2. The summed E-state index contributed by atoms with van der Waals surface area (Å²) in [5, 5.41) is 6.23. The molecule has 0 radical (unpaired) electrons. The van der Waals surface area contributed by atoms with Crippen LogP contribution in [0.4, 0.5) is 11.4 Å². The van der Waals surface area contributed by atoms with Crippen molar-refractivity contribution in [2.45, 2.75) is 0 Å². The van der Waals surface area contributed by atoms with Gasteiger partial charge in [-0.2, -0.15) is 0 Å². The molecule has 2 aromatic carbocycles. The number of hydrogen-bond donors (Lipinski definition) is 2. The van der Waals surface area contributed by atoms with E-state index >= 15 is 0 Å². The van der Waals surface area contributed by atoms with E-state index in [4.69, 9.17) is 27.9 Å². The Hall–Kier alpha value is -3.09. The molecule has 3 aromatic rings. The summed E-state index contributed by atoms with van der Waals surface area (Å²) < 4.78 is 5.27. The number of aromatic nitrogens is 1. The summed E-state index contributed by atoms with van der Waals surface area (Å²) in [5.41, 5.74) is 1.42. The number of rotatable bonds is 5. The van der Waals surface area contributed by atoms with Gasteiger partial charge in [-0.3, -0.25) is 14.6 Å². The monoisotopic (exact) mass is 415 g/mol. The minimum atomic E-state index is -0.413. The van der Waals surface area contributed by atoms with Gasteiger partial charge in [-0.1, -0.05) is 23.2 Å². The third-order valence-electron chi connectivity index (χ3n) is 3.81. The molecule has 0 spiro atoms. The second-order valence-corrected chi connectivity index (χ2v) is 6.53. The summed E-state index contributed by atoms with van der Waals surface area (Å²) in [7, 11) is 1.47. The molecule has 0 aliphatic carbocycles. The van der Waals surface area contributed by atoms with Gasteiger partial charge in [0.05, 0.1) is 29.1 Å². The van der Waals surface area contributed by atoms with Crippen molar-refractivity contribution in [1.29, 1.82) is 0 Å². The maximum atomic E-state index is 12.6. The van der Waals surface area contributed by atoms with E-state index in [1.54, 1.807) is 48.7 Å². The zero-order chi connectivity index (χ0) is 20.1. The maximum absolute atomic E-state index is 12.6. The second-order valence-electron chi connectivity index (χ2n) is 5.69. The van der Waals surface area contributed by atoms with Gasteiger partial charge in [0.25, 0.3) is 11.8 Å². The lowest BCUT2D eigenvalue weighted by Gasteiger charge is -2.13. The molecule has 0 aliphatic heterocycles. The number of ether oxygens (including phenoxy) is 1. The van der Waals surface area contributed by atoms with Crippen molar-refractivity contribution in [3.8, 4) is 5.75 Å². The Morgan fingerprint density at radius 2 is 1.68 bits per heavy atom. The number of pyridine rings is 1. The van der Waals surface area contributed by atoms with Crippen molar-refractivity contribution >= 4 is 46.4 Å². The third kappa shape index (κ3) is 4.60. The minimum absolute atomic E-state index is 0.304. The highest BCUT2D eigenvalue weighted by molar-refractivity contribution is 6.35. The smallest absolute Gasteiger partial charge is 0.257 e. The van der Waals surface area contributed by atoms with Crippen molar-refractivity contribution < 1.29 is 14.3 Å². The van der Waals surface area contributed by atoms with Crippen molar-refractivity contribution in [1.82, 2.24) is 4.98 Å². The number of anilines is 2. The van der Waals surface area contributed by atoms with Crippen molar-refractivity contribution in [3.05, 3.63) is 82.1 Å². The van der Waals surface area contributed by atoms with Crippen LogP contribution in [0.5, 0.6) is 5.75 Å². The predicted molar refractivity (Wildman–Crippen MR) is 110 cm³/mol. The van der Waals surface area contributed by atoms with Crippen molar-refractivity contribution in [3.63, 3.8) is 0 Å². The van der Waals surface area contributed by atoms with E-state index in [2.05, 4.69) is 15.6 Å². The van der Waals surface area contributed by atoms with Gasteiger partial charge >= 0.3 is 0 Å². The summed E-state index contributed by atoms with van der Waals surface area (Å²) >= 11 is 12.0. The lowest BCUT2D eigenvalue weighted by molar-refractivity contribution is 0.101. The molecule has 0 saturated heterocycles. The first-order valence-corrected chi connectivity index (χ1v) is 8.89. The summed E-state index contributed by atoms with van der Waals surface area (Å²) in [6.45, 7) is 0. The molecule has 2 amide bonds. The van der Waals surface area contributed by atoms with E-state index in [0.29, 0.717) is 38.3 Å². The Labute approximate surface area is 171 Å². The van der Waals surface area contributed by atoms with Crippen LogP contribution >= 0.6 is 23.2 Å². The van der Waals surface area contributed by atoms with Gasteiger partial charge < -0.3 is 15.4 Å². The molecular weight excluding hydrogens is 401 g/mol. The Bertz CT molecular complexity index is 1030. The number of nitrogens with zero attached hydrogens (tertiary/aromatic N) is 1. The molecule has 0 bridgehead atoms. The molecule has 3 rings (SSSR count). The van der Waals surface area contributed by atoms with Crippen LogP contribution in [-0.2, 0) is 0 Å². The molecule has 0 fully saturated rings. The molecule has 8 heteroatoms. The minimum Gasteiger partial charge on any atom is -0.495 e. The number of methoxy groups -OCH3 is 1. The van der Waals surface area contributed by atoms with Gasteiger partial charge in [-0.25, -0.2) is 0 Å². The van der Waals surface area contributed by atoms with Gasteiger partial charge in [0.1, 0.15) is 5.75 Å². The largest absolute Gasteiger partial charge is 0.495 e. The quantitative estimate of drug-likeness (QED) is 0.620. The molecule has 1 heterocycles. The molecule has 0 aliphatic rings. The van der Waals surface area contributed by atoms with Crippen LogP contribution in [0.25, 0.3) is 0 Å². The first-order valence-electron chi connectivity index (χ1n) is 8.14. The molecule has 0 unspecified atom stereocenters. The fraction of sp³-hybridized carbons (Fsp3) is 0.0500. The van der Waals surface area contributed by atoms with Gasteiger partial charge in [0, 0.05) is 23.0 Å². The van der Waals surface area contributed by atoms with Gasteiger partial charge in [0.15, 0.2) is 0 Å². The highest BCUT2D eigenvalue weighted by Gasteiger charge is 2.15. The topological polar surface area (TPSA) is 80.3 Å². The zero-order valence-electron chi connectivity index (χ0n) is 14.7. The number of nitrogens with one attached hydrogen (secondary N) is 2. The lowest BCUT2D eigenvalue weighted by atomic mass is 10.1. The molecule has 6 nitrogen and oxygen atoms in total. The van der Waals surface area contributed by atoms with Crippen LogP contribution in [0.3, 0.4) is 0 Å². The molecule has 0 atom stereocenters. The highest BCUT2D eigenvalue weighted by Crippen LogP contribution is 2.28. The molecule has 142 valence electrons. The Morgan fingerprint density at radius 3 is 2.39 bits per heavy atom. The van der Waals surface area contributed by atoms with Crippen LogP contribution in [0, 0.1) is 0 Å². The fourth-order valence-electron chi connectivity index (χ4n) is 2.43. The Balaban J connectivity index is 1.84. The lowest BCUT2D eigenvalue weighted by Crippen LogP contribution is -2.15. The number of amides is 2. The van der Waals surface area contributed by atoms with E-state index < -0.39 is 5.91 Å². The first-order chi connectivity index (χ1) is 13.5. The SMILES string of the molecule is COc1ccc(C(=O)Nc2cc(Cl)ccc2Cl)cc1NC(=O)c1cccnc1. The van der Waals surface area contributed by atoms with E-state index in [0.717, 1.165) is 0 Å². The standard InChI is InChI=1S/C20H15Cl2N3O3/c1-28-18-7-4-12(19(26)24-16-10-14(21)5-6-15(16)22)9-17(18)25-20(27)13-3-2-8-23-11-13/h2-11H,1H3,(H,24,26)(H,25,27). The predicted octanol–water partition coefficient (Wildman–Crippen LogP) is 4.90. The molecular formula is C20H15Cl2N3O3. The highest BCUT2D eigenvalue weighted by atomic mass is 35.5. The number of halogens is 2. The van der Waals surface area contributed by atoms with Crippen LogP contribution in [0.1, 0.15) is 20.7 Å². The second kappa shape index (κ2) is 8.73. The summed E-state index contributed by atoms with van der Waals surface area (Å²) in [6, 6.07) is 12.7. The fourth-order valence-corrected chi connectivity index (χ4v) is 2.76. The average molecular weight is 416 g/mol. The van der Waals surface area contributed by atoms with Crippen LogP contribution in [-0.4, -0.2) is 23.9 Å². The Kier molecular flexibility index (Phi) is 6.13. The molecule has 0 saturated carbocycles. The summed E-state index contributed by atoms with van der Waals surface area (Å²) in [4.78, 5) is 28.9. The number of hydrogen-bond acceptors (Lipinski definition) is 4. The number of carbonyl (C=O) groups excluding carboxylic acids is 2. The summed E-state index contributed by atoms with van der Waals surface area (Å²) in [5.74, 6) is -0.375. The number of benzene rings is 2. The van der Waals surface area contributed by atoms with Crippen molar-refractivity contribution in [2.24, 2.45) is 0 Å². The van der Waals surface area contributed by atoms with Crippen LogP contribution in [0.2, 0.25) is 10.0 Å². The third-order valence-corrected chi connectivity index (χ3v) is 4.37. The van der Waals surface area contributed by atoms with Gasteiger partial charge in [-0.15, -0.1) is 0 Å². The van der Waals surface area contributed by atoms with Gasteiger partial charge in [0.2, 0.25) is 0 Å². The zero-order valence-corrected chi connectivity index (χ0v) is 16.2. The van der Waals surface area contributed by atoms with Crippen molar-refractivity contribution in [2.75, 3.05) is 17.7 Å². The molecule has 28 heavy (non-hydrogen) atoms. The molecule has 2 N–H and O–H groups in total. The van der Waals surface area contributed by atoms with E-state index in [1.165, 1.54) is 19.4 Å².